The maximum Gasteiger partial charge on any atom is 0.306 e. The molecule has 1 fully saturated rings. The van der Waals surface area contributed by atoms with Gasteiger partial charge < -0.3 is 34.2 Å². The maximum atomic E-state index is 13.9. The second-order valence-corrected chi connectivity index (χ2v) is 25.5. The summed E-state index contributed by atoms with van der Waals surface area (Å²) in [7, 11) is -2.28. The van der Waals surface area contributed by atoms with Gasteiger partial charge in [0.15, 0.2) is 20.7 Å². The van der Waals surface area contributed by atoms with Crippen LogP contribution < -0.4 is 5.32 Å². The van der Waals surface area contributed by atoms with Crippen LogP contribution in [0.4, 0.5) is 0 Å². The summed E-state index contributed by atoms with van der Waals surface area (Å²) in [6.45, 7) is 10.5. The third kappa shape index (κ3) is 22.3. The fourth-order valence-corrected chi connectivity index (χ4v) is 9.60. The molecule has 1 unspecified atom stereocenters. The van der Waals surface area contributed by atoms with Gasteiger partial charge in [-0.25, -0.2) is 0 Å². The summed E-state index contributed by atoms with van der Waals surface area (Å²) in [5, 5.41) is 25.9. The number of aliphatic hydroxyl groups is 2. The van der Waals surface area contributed by atoms with Crippen molar-refractivity contribution in [2.45, 2.75) is 223 Å². The highest BCUT2D eigenvalue weighted by Gasteiger charge is 2.49. The van der Waals surface area contributed by atoms with E-state index in [-0.39, 0.29) is 36.9 Å². The zero-order valence-electron chi connectivity index (χ0n) is 42.3. The normalized spacial score (nSPS) is 19.0. The number of unbranched alkanes of at least 4 members (excludes halogenated alkanes) is 13. The molecular weight excluding hydrogens is 871 g/mol. The highest BCUT2D eigenvalue weighted by atomic mass is 28.4. The van der Waals surface area contributed by atoms with Gasteiger partial charge in [0.1, 0.15) is 24.4 Å². The zero-order chi connectivity index (χ0) is 49.0. The Labute approximate surface area is 410 Å². The molecule has 0 bridgehead atoms. The largest absolute Gasteiger partial charge is 0.462 e. The van der Waals surface area contributed by atoms with Crippen LogP contribution in [0.5, 0.6) is 0 Å². The number of amides is 1. The number of nitrogens with one attached hydrogen (secondary N) is 1. The number of aryl methyl sites for hydroxylation is 3. The van der Waals surface area contributed by atoms with E-state index in [0.717, 1.165) is 116 Å². The first-order valence-electron chi connectivity index (χ1n) is 26.2. The number of hydrogen-bond donors (Lipinski definition) is 3. The average molecular weight is 958 g/mol. The van der Waals surface area contributed by atoms with Crippen LogP contribution in [0.1, 0.15) is 166 Å². The summed E-state index contributed by atoms with van der Waals surface area (Å²) >= 11 is 0. The van der Waals surface area contributed by atoms with E-state index < -0.39 is 56.9 Å². The Morgan fingerprint density at radius 1 is 0.618 bits per heavy atom. The van der Waals surface area contributed by atoms with Gasteiger partial charge in [0.2, 0.25) is 5.91 Å². The number of hydrogen-bond acceptors (Lipinski definition) is 9. The van der Waals surface area contributed by atoms with Crippen LogP contribution in [0.15, 0.2) is 91.0 Å². The number of esters is 2. The second kappa shape index (κ2) is 31.4. The van der Waals surface area contributed by atoms with Gasteiger partial charge in [-0.1, -0.05) is 176 Å². The summed E-state index contributed by atoms with van der Waals surface area (Å²) in [6, 6.07) is 30.2. The van der Waals surface area contributed by atoms with Crippen LogP contribution in [-0.2, 0) is 52.3 Å². The third-order valence-electron chi connectivity index (χ3n) is 13.9. The molecule has 1 amide bonds. The summed E-state index contributed by atoms with van der Waals surface area (Å²) in [5.41, 5.74) is 4.02. The van der Waals surface area contributed by atoms with E-state index in [0.29, 0.717) is 12.8 Å². The fraction of sp³-hybridized carbons (Fsp3) is 0.632. The molecule has 11 heteroatoms. The van der Waals surface area contributed by atoms with Gasteiger partial charge >= 0.3 is 11.9 Å². The van der Waals surface area contributed by atoms with Gasteiger partial charge in [0.05, 0.1) is 13.0 Å². The third-order valence-corrected chi connectivity index (χ3v) is 18.4. The molecule has 1 heterocycles. The monoisotopic (exact) mass is 958 g/mol. The Hall–Kier alpha value is -3.87. The lowest BCUT2D eigenvalue weighted by Gasteiger charge is -2.44. The molecule has 1 aliphatic heterocycles. The quantitative estimate of drug-likeness (QED) is 0.0309. The van der Waals surface area contributed by atoms with Crippen molar-refractivity contribution >= 4 is 26.2 Å². The van der Waals surface area contributed by atoms with Crippen molar-refractivity contribution in [1.29, 1.82) is 0 Å². The van der Waals surface area contributed by atoms with Gasteiger partial charge in [0.25, 0.3) is 0 Å². The van der Waals surface area contributed by atoms with E-state index >= 15 is 0 Å². The van der Waals surface area contributed by atoms with E-state index in [1.807, 2.05) is 18.2 Å². The molecule has 1 saturated heterocycles. The van der Waals surface area contributed by atoms with Crippen LogP contribution in [-0.4, -0.2) is 79.7 Å². The molecule has 3 aromatic rings. The standard InChI is InChI=1S/C57H87NO9Si/c1-57(2,3)68(4,5)64-44-49-54(62)55(67-52(61)42-30-13-9-7-11-20-32-46-36-24-17-25-37-46)53(56(63)66-49)58-50(59)43-48(40-28-15-14-21-33-47-38-26-18-27-39-47)65-51(60)41-29-12-8-6-10-19-31-45-34-22-16-23-35-45/h16-18,22-27,34-39,48-49,53-56,62-63H,6-15,19-21,28-33,40-44H2,1-5H3,(H,58,59)/t48-,49-,53-,54-,55-,56?/m1/s1. The number of aliphatic hydroxyl groups excluding tert-OH is 2. The van der Waals surface area contributed by atoms with Crippen molar-refractivity contribution in [2.24, 2.45) is 0 Å². The Bertz CT molecular complexity index is 1820. The maximum absolute atomic E-state index is 13.9. The Morgan fingerprint density at radius 3 is 1.51 bits per heavy atom. The van der Waals surface area contributed by atoms with Gasteiger partial charge in [-0.2, -0.15) is 0 Å². The molecule has 68 heavy (non-hydrogen) atoms. The van der Waals surface area contributed by atoms with Crippen LogP contribution in [0, 0.1) is 0 Å². The molecule has 3 N–H and O–H groups in total. The molecule has 6 atom stereocenters. The first-order valence-corrected chi connectivity index (χ1v) is 29.1. The molecule has 10 nitrogen and oxygen atoms in total. The molecular formula is C57H87NO9Si. The minimum Gasteiger partial charge on any atom is -0.462 e. The molecule has 3 aromatic carbocycles. The Balaban J connectivity index is 1.31. The van der Waals surface area contributed by atoms with E-state index in [1.54, 1.807) is 0 Å². The molecule has 0 saturated carbocycles. The predicted molar refractivity (Wildman–Crippen MR) is 275 cm³/mol. The lowest BCUT2D eigenvalue weighted by atomic mass is 9.96. The SMILES string of the molecule is CC(C)(C)[Si](C)(C)OC[C@H]1OC(O)[C@H](NC(=O)C[C@@H](CCCCCCc2ccccc2)OC(=O)CCCCCCCCc2ccccc2)[C@@H](OC(=O)CCCCCCCCc2ccccc2)[C@@H]1O. The van der Waals surface area contributed by atoms with E-state index in [4.69, 9.17) is 18.6 Å². The molecule has 378 valence electrons. The topological polar surface area (TPSA) is 141 Å². The highest BCUT2D eigenvalue weighted by molar-refractivity contribution is 6.74. The number of carbonyl (C=O) groups excluding carboxylic acids is 3. The summed E-state index contributed by atoms with van der Waals surface area (Å²) in [4.78, 5) is 40.5. The van der Waals surface area contributed by atoms with Crippen molar-refractivity contribution in [2.75, 3.05) is 6.61 Å². The van der Waals surface area contributed by atoms with Gasteiger partial charge in [-0.3, -0.25) is 14.4 Å². The number of benzene rings is 3. The fourth-order valence-electron chi connectivity index (χ4n) is 8.58. The second-order valence-electron chi connectivity index (χ2n) is 20.6. The molecule has 0 spiro atoms. The van der Waals surface area contributed by atoms with E-state index in [9.17, 15) is 24.6 Å². The van der Waals surface area contributed by atoms with Gasteiger partial charge in [-0.15, -0.1) is 0 Å². The lowest BCUT2D eigenvalue weighted by Crippen LogP contribution is -2.65. The lowest BCUT2D eigenvalue weighted by molar-refractivity contribution is -0.258. The molecule has 0 aliphatic carbocycles. The summed E-state index contributed by atoms with van der Waals surface area (Å²) < 4.78 is 24.2. The first kappa shape index (κ1) is 56.7. The highest BCUT2D eigenvalue weighted by Crippen LogP contribution is 2.37. The van der Waals surface area contributed by atoms with Crippen LogP contribution >= 0.6 is 0 Å². The minimum atomic E-state index is -2.28. The minimum absolute atomic E-state index is 0.00859. The van der Waals surface area contributed by atoms with Crippen molar-refractivity contribution in [3.63, 3.8) is 0 Å². The number of ether oxygens (including phenoxy) is 3. The van der Waals surface area contributed by atoms with Crippen molar-refractivity contribution in [1.82, 2.24) is 5.32 Å². The van der Waals surface area contributed by atoms with Crippen LogP contribution in [0.25, 0.3) is 0 Å². The van der Waals surface area contributed by atoms with E-state index in [2.05, 4.69) is 112 Å². The van der Waals surface area contributed by atoms with E-state index in [1.165, 1.54) is 16.7 Å². The molecule has 1 aliphatic rings. The predicted octanol–water partition coefficient (Wildman–Crippen LogP) is 11.9. The number of carbonyl (C=O) groups is 3. The van der Waals surface area contributed by atoms with Gasteiger partial charge in [-0.05, 0) is 99.0 Å². The summed E-state index contributed by atoms with van der Waals surface area (Å²) in [5.74, 6) is -1.33. The van der Waals surface area contributed by atoms with Crippen molar-refractivity contribution in [3.05, 3.63) is 108 Å². The van der Waals surface area contributed by atoms with Crippen LogP contribution in [0.2, 0.25) is 18.1 Å². The first-order chi connectivity index (χ1) is 32.7. The smallest absolute Gasteiger partial charge is 0.306 e. The zero-order valence-corrected chi connectivity index (χ0v) is 43.3. The number of rotatable bonds is 33. The Kier molecular flexibility index (Phi) is 26.2. The van der Waals surface area contributed by atoms with Gasteiger partial charge in [0, 0.05) is 12.8 Å². The van der Waals surface area contributed by atoms with Crippen molar-refractivity contribution < 1.29 is 43.2 Å². The van der Waals surface area contributed by atoms with Crippen molar-refractivity contribution in [3.8, 4) is 0 Å². The summed E-state index contributed by atoms with van der Waals surface area (Å²) in [6.07, 6.45) is 13.7. The van der Waals surface area contributed by atoms with Crippen LogP contribution in [0.3, 0.4) is 0 Å². The average Bonchev–Trinajstić information content (AvgIpc) is 3.31. The molecule has 4 rings (SSSR count). The molecule has 0 radical (unpaired) electrons. The molecule has 0 aromatic heterocycles. The Morgan fingerprint density at radius 2 is 1.04 bits per heavy atom.